The average molecular weight is 307 g/mol. The smallest absolute Gasteiger partial charge is 0.158 e. The second kappa shape index (κ2) is 7.14. The quantitative estimate of drug-likeness (QED) is 0.882. The number of hydrogen-bond donors (Lipinski definition) is 1. The van der Waals surface area contributed by atoms with Crippen LogP contribution < -0.4 is 10.1 Å². The van der Waals surface area contributed by atoms with Gasteiger partial charge >= 0.3 is 0 Å². The zero-order valence-corrected chi connectivity index (χ0v) is 13.3. The van der Waals surface area contributed by atoms with Crippen LogP contribution in [0, 0.1) is 0 Å². The molecule has 0 fully saturated rings. The molecule has 2 aromatic rings. The number of rotatable bonds is 5. The lowest BCUT2D eigenvalue weighted by Crippen LogP contribution is -2.16. The Morgan fingerprint density at radius 1 is 1.04 bits per heavy atom. The molecule has 0 spiro atoms. The third kappa shape index (κ3) is 4.01. The number of benzene rings is 2. The summed E-state index contributed by atoms with van der Waals surface area (Å²) in [6.07, 6.45) is 3.16. The standard InChI is InChI=1S/C20H21NO2/c1-2-23-20-10-8-17(9-11-20)21-18-12-16(13-19(22)14-18)15-6-4-3-5-7-15/h3-11,14,16,21H,2,12-13H2,1H3. The van der Waals surface area contributed by atoms with Crippen molar-refractivity contribution in [2.45, 2.75) is 25.7 Å². The SMILES string of the molecule is CCOc1ccc(NC2=CC(=O)CC(c3ccccc3)C2)cc1. The van der Waals surface area contributed by atoms with Gasteiger partial charge in [-0.15, -0.1) is 0 Å². The molecule has 0 radical (unpaired) electrons. The number of carbonyl (C=O) groups is 1. The minimum atomic E-state index is 0.179. The molecular weight excluding hydrogens is 286 g/mol. The van der Waals surface area contributed by atoms with Crippen molar-refractivity contribution in [1.29, 1.82) is 0 Å². The van der Waals surface area contributed by atoms with E-state index in [0.717, 1.165) is 23.6 Å². The summed E-state index contributed by atoms with van der Waals surface area (Å²) in [4.78, 5) is 12.1. The zero-order chi connectivity index (χ0) is 16.1. The van der Waals surface area contributed by atoms with Gasteiger partial charge in [-0.25, -0.2) is 0 Å². The predicted molar refractivity (Wildman–Crippen MR) is 92.7 cm³/mol. The molecule has 3 nitrogen and oxygen atoms in total. The molecule has 1 N–H and O–H groups in total. The molecule has 1 atom stereocenters. The average Bonchev–Trinajstić information content (AvgIpc) is 2.57. The first-order chi connectivity index (χ1) is 11.2. The lowest BCUT2D eigenvalue weighted by molar-refractivity contribution is -0.115. The molecule has 0 amide bonds. The van der Waals surface area contributed by atoms with E-state index in [9.17, 15) is 4.79 Å². The van der Waals surface area contributed by atoms with Gasteiger partial charge in [-0.2, -0.15) is 0 Å². The van der Waals surface area contributed by atoms with Crippen molar-refractivity contribution >= 4 is 11.5 Å². The van der Waals surface area contributed by atoms with Gasteiger partial charge in [0.1, 0.15) is 5.75 Å². The fourth-order valence-electron chi connectivity index (χ4n) is 2.93. The lowest BCUT2D eigenvalue weighted by Gasteiger charge is -2.23. The van der Waals surface area contributed by atoms with Gasteiger partial charge in [0.15, 0.2) is 5.78 Å². The number of nitrogens with one attached hydrogen (secondary N) is 1. The highest BCUT2D eigenvalue weighted by Gasteiger charge is 2.22. The molecule has 0 heterocycles. The van der Waals surface area contributed by atoms with E-state index < -0.39 is 0 Å². The Morgan fingerprint density at radius 2 is 1.78 bits per heavy atom. The zero-order valence-electron chi connectivity index (χ0n) is 13.3. The highest BCUT2D eigenvalue weighted by atomic mass is 16.5. The van der Waals surface area contributed by atoms with Crippen molar-refractivity contribution in [3.63, 3.8) is 0 Å². The third-order valence-corrected chi connectivity index (χ3v) is 3.99. The van der Waals surface area contributed by atoms with E-state index in [-0.39, 0.29) is 11.7 Å². The van der Waals surface area contributed by atoms with Crippen molar-refractivity contribution in [2.24, 2.45) is 0 Å². The van der Waals surface area contributed by atoms with Gasteiger partial charge in [-0.05, 0) is 49.1 Å². The van der Waals surface area contributed by atoms with Crippen LogP contribution in [0.4, 0.5) is 5.69 Å². The molecule has 0 saturated heterocycles. The normalized spacial score (nSPS) is 17.5. The maximum atomic E-state index is 12.1. The molecule has 3 rings (SSSR count). The molecule has 0 aromatic heterocycles. The van der Waals surface area contributed by atoms with Crippen LogP contribution in [0.15, 0.2) is 66.4 Å². The number of anilines is 1. The fraction of sp³-hybridized carbons (Fsp3) is 0.250. The summed E-state index contributed by atoms with van der Waals surface area (Å²) in [7, 11) is 0. The number of ketones is 1. The summed E-state index contributed by atoms with van der Waals surface area (Å²) in [5, 5.41) is 3.37. The van der Waals surface area contributed by atoms with Crippen molar-refractivity contribution in [1.82, 2.24) is 0 Å². The predicted octanol–water partition coefficient (Wildman–Crippen LogP) is 4.53. The van der Waals surface area contributed by atoms with E-state index in [1.807, 2.05) is 49.4 Å². The molecule has 0 bridgehead atoms. The van der Waals surface area contributed by atoms with E-state index in [2.05, 4.69) is 17.4 Å². The largest absolute Gasteiger partial charge is 0.494 e. The van der Waals surface area contributed by atoms with Crippen LogP contribution in [0.3, 0.4) is 0 Å². The van der Waals surface area contributed by atoms with Gasteiger partial charge in [-0.1, -0.05) is 30.3 Å². The van der Waals surface area contributed by atoms with Gasteiger partial charge in [0, 0.05) is 23.9 Å². The van der Waals surface area contributed by atoms with E-state index in [4.69, 9.17) is 4.74 Å². The minimum absolute atomic E-state index is 0.179. The monoisotopic (exact) mass is 307 g/mol. The number of hydrogen-bond acceptors (Lipinski definition) is 3. The van der Waals surface area contributed by atoms with Crippen LogP contribution >= 0.6 is 0 Å². The molecule has 0 aliphatic heterocycles. The van der Waals surface area contributed by atoms with Crippen molar-refractivity contribution in [2.75, 3.05) is 11.9 Å². The van der Waals surface area contributed by atoms with Gasteiger partial charge in [0.25, 0.3) is 0 Å². The molecular formula is C20H21NO2. The van der Waals surface area contributed by atoms with Crippen LogP contribution in [-0.4, -0.2) is 12.4 Å². The molecule has 23 heavy (non-hydrogen) atoms. The third-order valence-electron chi connectivity index (χ3n) is 3.99. The Morgan fingerprint density at radius 3 is 2.48 bits per heavy atom. The summed E-state index contributed by atoms with van der Waals surface area (Å²) in [5.74, 6) is 1.28. The van der Waals surface area contributed by atoms with E-state index in [0.29, 0.717) is 13.0 Å². The molecule has 1 unspecified atom stereocenters. The number of carbonyl (C=O) groups excluding carboxylic acids is 1. The van der Waals surface area contributed by atoms with Gasteiger partial charge in [-0.3, -0.25) is 4.79 Å². The summed E-state index contributed by atoms with van der Waals surface area (Å²) >= 11 is 0. The second-order valence-corrected chi connectivity index (χ2v) is 5.73. The van der Waals surface area contributed by atoms with E-state index >= 15 is 0 Å². The molecule has 118 valence electrons. The van der Waals surface area contributed by atoms with E-state index in [1.54, 1.807) is 6.08 Å². The van der Waals surface area contributed by atoms with Crippen LogP contribution in [0.2, 0.25) is 0 Å². The Hall–Kier alpha value is -2.55. The lowest BCUT2D eigenvalue weighted by atomic mass is 9.85. The van der Waals surface area contributed by atoms with Crippen LogP contribution in [-0.2, 0) is 4.79 Å². The molecule has 0 saturated carbocycles. The van der Waals surface area contributed by atoms with Crippen LogP contribution in [0.5, 0.6) is 5.75 Å². The molecule has 2 aromatic carbocycles. The molecule has 1 aliphatic rings. The van der Waals surface area contributed by atoms with E-state index in [1.165, 1.54) is 5.56 Å². The van der Waals surface area contributed by atoms with Crippen LogP contribution in [0.25, 0.3) is 0 Å². The summed E-state index contributed by atoms with van der Waals surface area (Å²) in [5.41, 5.74) is 3.17. The number of ether oxygens (including phenoxy) is 1. The molecule has 1 aliphatic carbocycles. The van der Waals surface area contributed by atoms with Crippen molar-refractivity contribution in [3.05, 3.63) is 71.9 Å². The summed E-state index contributed by atoms with van der Waals surface area (Å²) < 4.78 is 5.45. The first-order valence-electron chi connectivity index (χ1n) is 8.03. The van der Waals surface area contributed by atoms with Crippen molar-refractivity contribution in [3.8, 4) is 5.75 Å². The van der Waals surface area contributed by atoms with Crippen molar-refractivity contribution < 1.29 is 9.53 Å². The Labute approximate surface area is 137 Å². The summed E-state index contributed by atoms with van der Waals surface area (Å²) in [6, 6.07) is 18.1. The topological polar surface area (TPSA) is 38.3 Å². The second-order valence-electron chi connectivity index (χ2n) is 5.73. The fourth-order valence-corrected chi connectivity index (χ4v) is 2.93. The molecule has 3 heteroatoms. The number of allylic oxidation sites excluding steroid dienone is 2. The van der Waals surface area contributed by atoms with Crippen LogP contribution in [0.1, 0.15) is 31.2 Å². The van der Waals surface area contributed by atoms with Gasteiger partial charge in [0.05, 0.1) is 6.61 Å². The maximum absolute atomic E-state index is 12.1. The Kier molecular flexibility index (Phi) is 4.77. The highest BCUT2D eigenvalue weighted by molar-refractivity contribution is 5.92. The highest BCUT2D eigenvalue weighted by Crippen LogP contribution is 2.32. The summed E-state index contributed by atoms with van der Waals surface area (Å²) in [6.45, 7) is 2.62. The first-order valence-corrected chi connectivity index (χ1v) is 8.03. The first kappa shape index (κ1) is 15.3. The Bertz CT molecular complexity index is 689. The maximum Gasteiger partial charge on any atom is 0.158 e. The van der Waals surface area contributed by atoms with Gasteiger partial charge in [0.2, 0.25) is 0 Å². The Balaban J connectivity index is 1.71. The minimum Gasteiger partial charge on any atom is -0.494 e. The van der Waals surface area contributed by atoms with Gasteiger partial charge < -0.3 is 10.1 Å².